The maximum Gasteiger partial charge on any atom is -0.147 e. The molecule has 0 heterocycles. The molecule has 8 heavy (non-hydrogen) atoms. The molecule has 0 nitrogen and oxygen atoms in total. The van der Waals surface area contributed by atoms with Crippen molar-refractivity contribution in [2.45, 2.75) is 13.3 Å². The van der Waals surface area contributed by atoms with Gasteiger partial charge < -0.3 is 0 Å². The number of allylic oxidation sites excluding steroid dienone is 4. The van der Waals surface area contributed by atoms with Gasteiger partial charge in [-0.25, -0.2) is 0 Å². The Kier molecular flexibility index (Phi) is 3.46. The fourth-order valence-corrected chi connectivity index (χ4v) is 0.828. The third-order valence-corrected chi connectivity index (χ3v) is 1.80. The molecule has 0 fully saturated rings. The second-order valence-corrected chi connectivity index (χ2v) is 2.41. The Morgan fingerprint density at radius 3 is 2.38 bits per heavy atom. The molecule has 0 saturated heterocycles. The molecule has 0 aromatic carbocycles. The second-order valence-electron chi connectivity index (χ2n) is 1.69. The van der Waals surface area contributed by atoms with Gasteiger partial charge in [0.25, 0.3) is 0 Å². The third kappa shape index (κ3) is 1.66. The molecule has 0 atom stereocenters. The van der Waals surface area contributed by atoms with Crippen molar-refractivity contribution < 1.29 is 16.0 Å². The smallest absolute Gasteiger partial charge is 0.147 e. The molecular formula is C6H8ClMn. The molecule has 0 radical (unpaired) electrons. The zero-order chi connectivity index (χ0) is 5.28. The molecule has 0 aromatic heterocycles. The first-order valence-corrected chi connectivity index (χ1v) is 2.91. The van der Waals surface area contributed by atoms with E-state index in [4.69, 9.17) is 0 Å². The third-order valence-electron chi connectivity index (χ3n) is 1.09. The largest absolute Gasteiger partial charge is 0.147 e. The fourth-order valence-electron chi connectivity index (χ4n) is 0.591. The van der Waals surface area contributed by atoms with E-state index in [-0.39, 0.29) is 12.4 Å². The summed E-state index contributed by atoms with van der Waals surface area (Å²) in [5, 5.41) is 0. The summed E-state index contributed by atoms with van der Waals surface area (Å²) in [6.45, 7) is 2.10. The van der Waals surface area contributed by atoms with Crippen molar-refractivity contribution in [2.24, 2.45) is 0 Å². The van der Waals surface area contributed by atoms with Gasteiger partial charge in [0.05, 0.1) is 0 Å². The van der Waals surface area contributed by atoms with Gasteiger partial charge in [0.15, 0.2) is 0 Å². The van der Waals surface area contributed by atoms with E-state index in [9.17, 15) is 0 Å². The van der Waals surface area contributed by atoms with Gasteiger partial charge in [0, 0.05) is 0 Å². The quantitative estimate of drug-likeness (QED) is 0.489. The van der Waals surface area contributed by atoms with Crippen LogP contribution in [0.4, 0.5) is 0 Å². The van der Waals surface area contributed by atoms with E-state index in [1.807, 2.05) is 0 Å². The van der Waals surface area contributed by atoms with Crippen LogP contribution in [-0.2, 0) is 16.0 Å². The molecule has 0 bridgehead atoms. The summed E-state index contributed by atoms with van der Waals surface area (Å²) in [4.78, 5) is 0. The van der Waals surface area contributed by atoms with E-state index >= 15 is 0 Å². The van der Waals surface area contributed by atoms with Gasteiger partial charge in [0.1, 0.15) is 0 Å². The molecule has 0 N–H and O–H groups in total. The maximum atomic E-state index is 3.42. The maximum absolute atomic E-state index is 3.42. The van der Waals surface area contributed by atoms with Gasteiger partial charge in [-0.1, -0.05) is 0 Å². The van der Waals surface area contributed by atoms with Crippen molar-refractivity contribution in [1.82, 2.24) is 0 Å². The first-order valence-electron chi connectivity index (χ1n) is 2.32. The predicted molar refractivity (Wildman–Crippen MR) is 33.7 cm³/mol. The summed E-state index contributed by atoms with van der Waals surface area (Å²) in [5.41, 5.74) is 1.36. The Bertz CT molecular complexity index is 135. The monoisotopic (exact) mass is 170 g/mol. The molecule has 1 rings (SSSR count). The van der Waals surface area contributed by atoms with Gasteiger partial charge in [-0.3, -0.25) is 0 Å². The van der Waals surface area contributed by atoms with Crippen molar-refractivity contribution in [3.8, 4) is 0 Å². The van der Waals surface area contributed by atoms with Crippen LogP contribution in [0.3, 0.4) is 0 Å². The second kappa shape index (κ2) is 3.34. The van der Waals surface area contributed by atoms with Crippen molar-refractivity contribution in [2.75, 3.05) is 0 Å². The Morgan fingerprint density at radius 1 is 1.62 bits per heavy atom. The molecule has 0 spiro atoms. The molecule has 1 aliphatic carbocycles. The minimum atomic E-state index is 0. The molecule has 2 heteroatoms. The summed E-state index contributed by atoms with van der Waals surface area (Å²) in [7, 11) is 0. The summed E-state index contributed by atoms with van der Waals surface area (Å²) in [6, 6.07) is 0. The van der Waals surface area contributed by atoms with Crippen LogP contribution in [0.1, 0.15) is 13.3 Å². The number of halogens is 1. The van der Waals surface area contributed by atoms with Crippen LogP contribution < -0.4 is 0 Å². The van der Waals surface area contributed by atoms with Crippen LogP contribution in [0.15, 0.2) is 22.2 Å². The number of hydrogen-bond donors (Lipinski definition) is 0. The van der Waals surface area contributed by atoms with Crippen molar-refractivity contribution >= 4 is 12.4 Å². The zero-order valence-electron chi connectivity index (χ0n) is 4.65. The average Bonchev–Trinajstić information content (AvgIpc) is 1.91. The first-order chi connectivity index (χ1) is 3.30. The Balaban J connectivity index is 0.000000490. The van der Waals surface area contributed by atoms with Gasteiger partial charge in [-0.2, -0.15) is 0 Å². The molecule has 0 saturated carbocycles. The van der Waals surface area contributed by atoms with Gasteiger partial charge >= 0.3 is 51.6 Å². The van der Waals surface area contributed by atoms with Crippen LogP contribution in [0.2, 0.25) is 0 Å². The summed E-state index contributed by atoms with van der Waals surface area (Å²) in [5.74, 6) is 0. The number of rotatable bonds is 0. The van der Waals surface area contributed by atoms with Gasteiger partial charge in [-0.05, 0) is 0 Å². The van der Waals surface area contributed by atoms with Crippen LogP contribution in [0.25, 0.3) is 0 Å². The van der Waals surface area contributed by atoms with Crippen LogP contribution in [0, 0.1) is 0 Å². The summed E-state index contributed by atoms with van der Waals surface area (Å²) in [6.07, 6.45) is 5.37. The summed E-state index contributed by atoms with van der Waals surface area (Å²) < 4.78 is 1.33. The predicted octanol–water partition coefficient (Wildman–Crippen LogP) is 2.19. The number of hydrogen-bond acceptors (Lipinski definition) is 0. The molecule has 1 aliphatic rings. The molecule has 0 aliphatic heterocycles. The minimum Gasteiger partial charge on any atom is -0.147 e. The summed E-state index contributed by atoms with van der Waals surface area (Å²) >= 11 is 3.42. The fraction of sp³-hybridized carbons (Fsp3) is 0.333. The molecule has 0 amide bonds. The van der Waals surface area contributed by atoms with Crippen molar-refractivity contribution in [1.29, 1.82) is 0 Å². The van der Waals surface area contributed by atoms with E-state index in [1.54, 1.807) is 0 Å². The normalized spacial score (nSPS) is 16.8. The molecule has 0 unspecified atom stereocenters. The van der Waals surface area contributed by atoms with Crippen molar-refractivity contribution in [3.05, 3.63) is 22.2 Å². The molecule has 46 valence electrons. The van der Waals surface area contributed by atoms with Crippen molar-refractivity contribution in [3.63, 3.8) is 0 Å². The van der Waals surface area contributed by atoms with E-state index in [0.29, 0.717) is 0 Å². The van der Waals surface area contributed by atoms with Gasteiger partial charge in [-0.15, -0.1) is 12.4 Å². The van der Waals surface area contributed by atoms with Crippen LogP contribution >= 0.6 is 12.4 Å². The Labute approximate surface area is 64.3 Å². The molecule has 0 aromatic rings. The molecular weight excluding hydrogens is 162 g/mol. The van der Waals surface area contributed by atoms with E-state index in [0.717, 1.165) is 6.42 Å². The minimum absolute atomic E-state index is 0. The Morgan fingerprint density at radius 2 is 2.25 bits per heavy atom. The Hall–Kier alpha value is 0.289. The first kappa shape index (κ1) is 8.29. The van der Waals surface area contributed by atoms with E-state index in [1.165, 1.54) is 10.0 Å². The van der Waals surface area contributed by atoms with Crippen LogP contribution in [-0.4, -0.2) is 0 Å². The average molecular weight is 171 g/mol. The topological polar surface area (TPSA) is 0 Å². The SMILES string of the molecule is CC1=[C]([Mn])CC=C1.Cl. The van der Waals surface area contributed by atoms with E-state index < -0.39 is 0 Å². The van der Waals surface area contributed by atoms with Gasteiger partial charge in [0.2, 0.25) is 0 Å². The standard InChI is InChI=1S/C6H7.ClH.Mn/c1-6-4-2-3-5-6;;/h2,4H,3H2,1H3;1H;. The zero-order valence-corrected chi connectivity index (χ0v) is 6.64. The van der Waals surface area contributed by atoms with E-state index in [2.05, 4.69) is 35.1 Å². The van der Waals surface area contributed by atoms with Crippen LogP contribution in [0.5, 0.6) is 0 Å².